The van der Waals surface area contributed by atoms with Crippen LogP contribution in [0.25, 0.3) is 22.4 Å². The fourth-order valence-electron chi connectivity index (χ4n) is 2.10. The van der Waals surface area contributed by atoms with Crippen LogP contribution in [0.15, 0.2) is 36.4 Å². The van der Waals surface area contributed by atoms with Crippen LogP contribution in [0.3, 0.4) is 0 Å². The molecule has 0 saturated carbocycles. The molecule has 0 aliphatic heterocycles. The number of aromatic nitrogens is 2. The molecule has 0 spiro atoms. The van der Waals surface area contributed by atoms with Crippen molar-refractivity contribution in [3.05, 3.63) is 47.0 Å². The molecule has 0 atom stereocenters. The van der Waals surface area contributed by atoms with Crippen molar-refractivity contribution in [1.82, 2.24) is 9.97 Å². The van der Waals surface area contributed by atoms with Gasteiger partial charge >= 0.3 is 5.97 Å². The summed E-state index contributed by atoms with van der Waals surface area (Å²) in [6.07, 6.45) is 0. The summed E-state index contributed by atoms with van der Waals surface area (Å²) in [6.45, 7) is 0. The number of esters is 1. The second kappa shape index (κ2) is 5.10. The summed E-state index contributed by atoms with van der Waals surface area (Å²) < 4.78 is 4.70. The first-order valence-electron chi connectivity index (χ1n) is 6.22. The average Bonchev–Trinajstić information content (AvgIpc) is 2.91. The fraction of sp³-hybridized carbons (Fsp3) is 0.0667. The molecule has 0 amide bonds. The Kier molecular flexibility index (Phi) is 3.27. The Hall–Kier alpha value is -2.53. The Morgan fingerprint density at radius 2 is 2.10 bits per heavy atom. The lowest BCUT2D eigenvalue weighted by atomic mass is 10.2. The van der Waals surface area contributed by atoms with Crippen molar-refractivity contribution in [3.8, 4) is 11.4 Å². The number of nitrogens with zero attached hydrogens (tertiary/aromatic N) is 1. The normalized spacial score (nSPS) is 10.8. The highest BCUT2D eigenvalue weighted by molar-refractivity contribution is 6.33. The van der Waals surface area contributed by atoms with Crippen LogP contribution in [0.1, 0.15) is 10.4 Å². The van der Waals surface area contributed by atoms with Crippen molar-refractivity contribution in [2.75, 3.05) is 12.8 Å². The van der Waals surface area contributed by atoms with Crippen molar-refractivity contribution < 1.29 is 9.53 Å². The van der Waals surface area contributed by atoms with Gasteiger partial charge in [0.2, 0.25) is 0 Å². The number of anilines is 1. The maximum absolute atomic E-state index is 11.5. The minimum atomic E-state index is -0.400. The summed E-state index contributed by atoms with van der Waals surface area (Å²) in [6, 6.07) is 10.3. The number of carbonyl (C=O) groups excluding carboxylic acids is 1. The number of fused-ring (bicyclic) bond motifs is 1. The van der Waals surface area contributed by atoms with E-state index >= 15 is 0 Å². The standard InChI is InChI=1S/C15H12ClN3O2/c1-21-15(20)8-2-5-12-13(6-8)19-14(18-12)10-7-9(17)3-4-11(10)16/h2-7H,17H2,1H3,(H,18,19). The van der Waals surface area contributed by atoms with Gasteiger partial charge in [0.05, 0.1) is 28.7 Å². The number of nitrogens with two attached hydrogens (primary N) is 1. The first-order valence-corrected chi connectivity index (χ1v) is 6.60. The lowest BCUT2D eigenvalue weighted by Gasteiger charge is -2.01. The predicted molar refractivity (Wildman–Crippen MR) is 82.3 cm³/mol. The van der Waals surface area contributed by atoms with Gasteiger partial charge in [0.15, 0.2) is 0 Å². The van der Waals surface area contributed by atoms with Gasteiger partial charge in [0.25, 0.3) is 0 Å². The van der Waals surface area contributed by atoms with Gasteiger partial charge in [-0.05, 0) is 36.4 Å². The minimum Gasteiger partial charge on any atom is -0.465 e. The number of imidazole rings is 1. The van der Waals surface area contributed by atoms with E-state index in [0.717, 1.165) is 5.52 Å². The van der Waals surface area contributed by atoms with Gasteiger partial charge in [-0.15, -0.1) is 0 Å². The van der Waals surface area contributed by atoms with Crippen molar-refractivity contribution in [1.29, 1.82) is 0 Å². The van der Waals surface area contributed by atoms with E-state index in [9.17, 15) is 4.79 Å². The molecule has 0 saturated heterocycles. The van der Waals surface area contributed by atoms with Crippen molar-refractivity contribution >= 4 is 34.3 Å². The van der Waals surface area contributed by atoms with E-state index in [1.165, 1.54) is 7.11 Å². The Morgan fingerprint density at radius 3 is 2.86 bits per heavy atom. The topological polar surface area (TPSA) is 81.0 Å². The zero-order valence-corrected chi connectivity index (χ0v) is 11.9. The summed E-state index contributed by atoms with van der Waals surface area (Å²) in [5, 5.41) is 0.552. The van der Waals surface area contributed by atoms with Crippen LogP contribution >= 0.6 is 11.6 Å². The zero-order chi connectivity index (χ0) is 15.0. The highest BCUT2D eigenvalue weighted by atomic mass is 35.5. The molecule has 6 heteroatoms. The third-order valence-electron chi connectivity index (χ3n) is 3.15. The number of halogens is 1. The van der Waals surface area contributed by atoms with Crippen LogP contribution in [-0.4, -0.2) is 23.0 Å². The van der Waals surface area contributed by atoms with Crippen LogP contribution in [0.2, 0.25) is 5.02 Å². The van der Waals surface area contributed by atoms with Crippen molar-refractivity contribution in [2.45, 2.75) is 0 Å². The number of nitrogen functional groups attached to an aromatic ring is 1. The highest BCUT2D eigenvalue weighted by Gasteiger charge is 2.12. The Labute approximate surface area is 125 Å². The lowest BCUT2D eigenvalue weighted by Crippen LogP contribution is -2.00. The molecule has 0 fully saturated rings. The summed E-state index contributed by atoms with van der Waals surface area (Å²) >= 11 is 6.17. The first-order chi connectivity index (χ1) is 10.1. The average molecular weight is 302 g/mol. The van der Waals surface area contributed by atoms with Crippen molar-refractivity contribution in [2.24, 2.45) is 0 Å². The molecule has 3 aromatic rings. The quantitative estimate of drug-likeness (QED) is 0.562. The Morgan fingerprint density at radius 1 is 1.29 bits per heavy atom. The molecule has 2 aromatic carbocycles. The summed E-state index contributed by atoms with van der Waals surface area (Å²) in [5.74, 6) is 0.202. The molecule has 0 aliphatic carbocycles. The Bertz CT molecular complexity index is 842. The van der Waals surface area contributed by atoms with Crippen LogP contribution in [0.5, 0.6) is 0 Å². The third-order valence-corrected chi connectivity index (χ3v) is 3.48. The number of benzene rings is 2. The fourth-order valence-corrected chi connectivity index (χ4v) is 2.31. The highest BCUT2D eigenvalue weighted by Crippen LogP contribution is 2.29. The van der Waals surface area contributed by atoms with Crippen molar-refractivity contribution in [3.63, 3.8) is 0 Å². The molecule has 0 unspecified atom stereocenters. The second-order valence-electron chi connectivity index (χ2n) is 4.55. The van der Waals surface area contributed by atoms with Gasteiger partial charge in [-0.3, -0.25) is 0 Å². The number of H-pyrrole nitrogens is 1. The van der Waals surface area contributed by atoms with E-state index in [2.05, 4.69) is 9.97 Å². The molecule has 106 valence electrons. The number of nitrogens with one attached hydrogen (secondary N) is 1. The van der Waals surface area contributed by atoms with Gasteiger partial charge in [-0.2, -0.15) is 0 Å². The molecule has 3 rings (SSSR count). The van der Waals surface area contributed by atoms with Gasteiger partial charge in [-0.1, -0.05) is 11.6 Å². The largest absolute Gasteiger partial charge is 0.465 e. The number of ether oxygens (including phenoxy) is 1. The maximum atomic E-state index is 11.5. The van der Waals surface area contributed by atoms with Crippen LogP contribution in [0.4, 0.5) is 5.69 Å². The molecule has 0 aliphatic rings. The van der Waals surface area contributed by atoms with Gasteiger partial charge in [0, 0.05) is 11.3 Å². The van der Waals surface area contributed by atoms with E-state index < -0.39 is 5.97 Å². The number of carbonyl (C=O) groups is 1. The van der Waals surface area contributed by atoms with Crippen LogP contribution in [0, 0.1) is 0 Å². The number of hydrogen-bond acceptors (Lipinski definition) is 4. The SMILES string of the molecule is COC(=O)c1ccc2[nH]c(-c3cc(N)ccc3Cl)nc2c1. The first kappa shape index (κ1) is 13.5. The maximum Gasteiger partial charge on any atom is 0.337 e. The van der Waals surface area contributed by atoms with Gasteiger partial charge in [-0.25, -0.2) is 9.78 Å². The van der Waals surface area contributed by atoms with Gasteiger partial charge < -0.3 is 15.5 Å². The summed E-state index contributed by atoms with van der Waals surface area (Å²) in [5.41, 5.74) is 9.00. The molecule has 0 bridgehead atoms. The number of rotatable bonds is 2. The number of methoxy groups -OCH3 is 1. The molecule has 21 heavy (non-hydrogen) atoms. The molecule has 1 heterocycles. The van der Waals surface area contributed by atoms with E-state index in [1.54, 1.807) is 36.4 Å². The number of hydrogen-bond donors (Lipinski definition) is 2. The predicted octanol–water partition coefficient (Wildman–Crippen LogP) is 3.25. The summed E-state index contributed by atoms with van der Waals surface area (Å²) in [7, 11) is 1.34. The van der Waals surface area contributed by atoms with Gasteiger partial charge in [0.1, 0.15) is 5.82 Å². The molecule has 0 radical (unpaired) electrons. The lowest BCUT2D eigenvalue weighted by molar-refractivity contribution is 0.0601. The summed E-state index contributed by atoms with van der Waals surface area (Å²) in [4.78, 5) is 19.2. The molecular weight excluding hydrogens is 290 g/mol. The molecule has 5 nitrogen and oxygen atoms in total. The van der Waals surface area contributed by atoms with Crippen LogP contribution in [-0.2, 0) is 4.74 Å². The van der Waals surface area contributed by atoms with E-state index in [1.807, 2.05) is 0 Å². The molecule has 1 aromatic heterocycles. The smallest absolute Gasteiger partial charge is 0.337 e. The zero-order valence-electron chi connectivity index (χ0n) is 11.2. The second-order valence-corrected chi connectivity index (χ2v) is 4.96. The van der Waals surface area contributed by atoms with E-state index in [-0.39, 0.29) is 0 Å². The van der Waals surface area contributed by atoms with E-state index in [4.69, 9.17) is 22.1 Å². The Balaban J connectivity index is 2.13. The monoisotopic (exact) mass is 301 g/mol. The third kappa shape index (κ3) is 2.43. The van der Waals surface area contributed by atoms with E-state index in [0.29, 0.717) is 33.2 Å². The van der Waals surface area contributed by atoms with Crippen LogP contribution < -0.4 is 5.73 Å². The molecule has 3 N–H and O–H groups in total. The minimum absolute atomic E-state index is 0.400. The molecular formula is C15H12ClN3O2. The number of aromatic amines is 1.